The molecule has 0 aliphatic rings. The third-order valence-corrected chi connectivity index (χ3v) is 6.69. The third-order valence-electron chi connectivity index (χ3n) is 5.58. The van der Waals surface area contributed by atoms with Gasteiger partial charge in [0, 0.05) is 4.88 Å². The van der Waals surface area contributed by atoms with Crippen molar-refractivity contribution in [1.82, 2.24) is 0 Å². The summed E-state index contributed by atoms with van der Waals surface area (Å²) >= 11 is 1.44. The Kier molecular flexibility index (Phi) is 12.9. The van der Waals surface area contributed by atoms with Crippen molar-refractivity contribution in [3.8, 4) is 0 Å². The van der Waals surface area contributed by atoms with E-state index < -0.39 is 17.7 Å². The molecular weight excluding hydrogens is 458 g/mol. The number of anilines is 1. The molecule has 0 spiro atoms. The van der Waals surface area contributed by atoms with E-state index in [1.807, 2.05) is 45.0 Å². The molecule has 0 saturated carbocycles. The standard InChI is InChI=1S/C29H43NO4S/c1-5-6-7-8-9-10-11-15-20-24-22-25(27(31)34-29(2,3)4)26(35-24)30-28(32)33-21-16-19-23-17-13-12-14-18-23/h12-14,17-18,22H,5-11,15-16,19-21H2,1-4H3,(H,30,32). The summed E-state index contributed by atoms with van der Waals surface area (Å²) < 4.78 is 10.9. The molecule has 1 N–H and O–H groups in total. The van der Waals surface area contributed by atoms with Crippen molar-refractivity contribution in [3.05, 3.63) is 52.4 Å². The number of aryl methyl sites for hydroxylation is 2. The number of benzene rings is 1. The van der Waals surface area contributed by atoms with Gasteiger partial charge in [-0.3, -0.25) is 5.32 Å². The van der Waals surface area contributed by atoms with Gasteiger partial charge in [0.15, 0.2) is 0 Å². The maximum Gasteiger partial charge on any atom is 0.412 e. The summed E-state index contributed by atoms with van der Waals surface area (Å²) in [4.78, 5) is 26.3. The molecule has 1 aromatic carbocycles. The lowest BCUT2D eigenvalue weighted by Gasteiger charge is -2.19. The second-order valence-electron chi connectivity index (χ2n) is 10.0. The zero-order chi connectivity index (χ0) is 25.5. The van der Waals surface area contributed by atoms with Crippen molar-refractivity contribution >= 4 is 28.4 Å². The van der Waals surface area contributed by atoms with E-state index in [2.05, 4.69) is 24.4 Å². The summed E-state index contributed by atoms with van der Waals surface area (Å²) in [7, 11) is 0. The second-order valence-corrected chi connectivity index (χ2v) is 11.2. The summed E-state index contributed by atoms with van der Waals surface area (Å²) in [6.45, 7) is 8.08. The van der Waals surface area contributed by atoms with Crippen LogP contribution in [-0.4, -0.2) is 24.3 Å². The fraction of sp³-hybridized carbons (Fsp3) is 0.586. The predicted octanol–water partition coefficient (Wildman–Crippen LogP) is 8.57. The summed E-state index contributed by atoms with van der Waals surface area (Å²) in [5.41, 5.74) is 1.01. The Morgan fingerprint density at radius 2 is 1.54 bits per heavy atom. The minimum atomic E-state index is -0.605. The second kappa shape index (κ2) is 15.6. The van der Waals surface area contributed by atoms with Crippen LogP contribution in [0.4, 0.5) is 9.80 Å². The summed E-state index contributed by atoms with van der Waals surface area (Å²) in [5, 5.41) is 3.28. The lowest BCUT2D eigenvalue weighted by atomic mass is 10.1. The summed E-state index contributed by atoms with van der Waals surface area (Å²) in [6.07, 6.45) is 12.0. The van der Waals surface area contributed by atoms with Gasteiger partial charge in [0.05, 0.1) is 12.2 Å². The Hall–Kier alpha value is -2.34. The first-order chi connectivity index (χ1) is 16.8. The first kappa shape index (κ1) is 28.9. The van der Waals surface area contributed by atoms with Gasteiger partial charge in [-0.1, -0.05) is 82.2 Å². The van der Waals surface area contributed by atoms with E-state index in [-0.39, 0.29) is 0 Å². The fourth-order valence-electron chi connectivity index (χ4n) is 3.79. The monoisotopic (exact) mass is 501 g/mol. The Bertz CT molecular complexity index is 886. The largest absolute Gasteiger partial charge is 0.456 e. The van der Waals surface area contributed by atoms with Crippen molar-refractivity contribution in [2.75, 3.05) is 11.9 Å². The highest BCUT2D eigenvalue weighted by Gasteiger charge is 2.24. The van der Waals surface area contributed by atoms with E-state index in [0.717, 1.165) is 30.6 Å². The summed E-state index contributed by atoms with van der Waals surface area (Å²) in [5.74, 6) is -0.421. The maximum atomic E-state index is 12.8. The number of thiophene rings is 1. The number of carbonyl (C=O) groups excluding carboxylic acids is 2. The molecule has 0 unspecified atom stereocenters. The minimum Gasteiger partial charge on any atom is -0.456 e. The number of esters is 1. The highest BCUT2D eigenvalue weighted by molar-refractivity contribution is 7.16. The number of rotatable bonds is 15. The fourth-order valence-corrected chi connectivity index (χ4v) is 4.86. The molecule has 194 valence electrons. The molecule has 35 heavy (non-hydrogen) atoms. The van der Waals surface area contributed by atoms with Gasteiger partial charge in [-0.2, -0.15) is 0 Å². The number of amides is 1. The van der Waals surface area contributed by atoms with E-state index in [0.29, 0.717) is 17.2 Å². The van der Waals surface area contributed by atoms with Gasteiger partial charge in [0.1, 0.15) is 10.6 Å². The first-order valence-corrected chi connectivity index (χ1v) is 13.9. The SMILES string of the molecule is CCCCCCCCCCc1cc(C(=O)OC(C)(C)C)c(NC(=O)OCCCc2ccccc2)s1. The zero-order valence-corrected chi connectivity index (χ0v) is 22.8. The van der Waals surface area contributed by atoms with E-state index >= 15 is 0 Å². The van der Waals surface area contributed by atoms with Crippen LogP contribution in [0, 0.1) is 0 Å². The van der Waals surface area contributed by atoms with Crippen molar-refractivity contribution < 1.29 is 19.1 Å². The molecule has 2 rings (SSSR count). The highest BCUT2D eigenvalue weighted by atomic mass is 32.1. The van der Waals surface area contributed by atoms with Crippen LogP contribution in [0.5, 0.6) is 0 Å². The number of hydrogen-bond acceptors (Lipinski definition) is 5. The van der Waals surface area contributed by atoms with Crippen molar-refractivity contribution in [2.24, 2.45) is 0 Å². The Morgan fingerprint density at radius 1 is 0.886 bits per heavy atom. The lowest BCUT2D eigenvalue weighted by molar-refractivity contribution is 0.00712. The molecule has 2 aromatic rings. The molecule has 0 saturated heterocycles. The lowest BCUT2D eigenvalue weighted by Crippen LogP contribution is -2.24. The predicted molar refractivity (Wildman–Crippen MR) is 146 cm³/mol. The average molecular weight is 502 g/mol. The topological polar surface area (TPSA) is 64.6 Å². The summed E-state index contributed by atoms with van der Waals surface area (Å²) in [6, 6.07) is 12.0. The average Bonchev–Trinajstić information content (AvgIpc) is 3.20. The molecule has 1 aromatic heterocycles. The normalized spacial score (nSPS) is 11.3. The number of unbranched alkanes of at least 4 members (excludes halogenated alkanes) is 7. The molecule has 0 aliphatic heterocycles. The van der Waals surface area contributed by atoms with Crippen LogP contribution in [0.15, 0.2) is 36.4 Å². The van der Waals surface area contributed by atoms with E-state index in [9.17, 15) is 9.59 Å². The third kappa shape index (κ3) is 12.3. The van der Waals surface area contributed by atoms with Crippen LogP contribution in [0.25, 0.3) is 0 Å². The van der Waals surface area contributed by atoms with Gasteiger partial charge in [-0.05, 0) is 58.1 Å². The molecule has 0 radical (unpaired) electrons. The molecule has 6 heteroatoms. The van der Waals surface area contributed by atoms with E-state index in [4.69, 9.17) is 9.47 Å². The molecule has 0 atom stereocenters. The Balaban J connectivity index is 1.87. The van der Waals surface area contributed by atoms with E-state index in [1.165, 1.54) is 61.8 Å². The first-order valence-electron chi connectivity index (χ1n) is 13.1. The molecule has 0 fully saturated rings. The Morgan fingerprint density at radius 3 is 2.20 bits per heavy atom. The molecule has 0 aliphatic carbocycles. The van der Waals surface area contributed by atoms with Crippen LogP contribution in [0.3, 0.4) is 0 Å². The van der Waals surface area contributed by atoms with Gasteiger partial charge in [0.25, 0.3) is 0 Å². The van der Waals surface area contributed by atoms with Crippen LogP contribution in [0.1, 0.15) is 106 Å². The van der Waals surface area contributed by atoms with Crippen LogP contribution >= 0.6 is 11.3 Å². The number of ether oxygens (including phenoxy) is 2. The number of carbonyl (C=O) groups is 2. The molecule has 1 amide bonds. The molecular formula is C29H43NO4S. The van der Waals surface area contributed by atoms with Gasteiger partial charge in [-0.15, -0.1) is 11.3 Å². The smallest absolute Gasteiger partial charge is 0.412 e. The zero-order valence-electron chi connectivity index (χ0n) is 22.0. The molecule has 5 nitrogen and oxygen atoms in total. The quantitative estimate of drug-likeness (QED) is 0.196. The Labute approximate surface area is 215 Å². The van der Waals surface area contributed by atoms with Gasteiger partial charge < -0.3 is 9.47 Å². The minimum absolute atomic E-state index is 0.318. The van der Waals surface area contributed by atoms with E-state index in [1.54, 1.807) is 0 Å². The molecule has 1 heterocycles. The van der Waals surface area contributed by atoms with Crippen molar-refractivity contribution in [3.63, 3.8) is 0 Å². The van der Waals surface area contributed by atoms with Gasteiger partial charge >= 0.3 is 12.1 Å². The number of hydrogen-bond donors (Lipinski definition) is 1. The van der Waals surface area contributed by atoms with Crippen LogP contribution in [0.2, 0.25) is 0 Å². The van der Waals surface area contributed by atoms with Crippen LogP contribution in [-0.2, 0) is 22.3 Å². The number of nitrogens with one attached hydrogen (secondary N) is 1. The van der Waals surface area contributed by atoms with Crippen LogP contribution < -0.4 is 5.32 Å². The van der Waals surface area contributed by atoms with Gasteiger partial charge in [-0.25, -0.2) is 9.59 Å². The van der Waals surface area contributed by atoms with Crippen molar-refractivity contribution in [1.29, 1.82) is 0 Å². The molecule has 0 bridgehead atoms. The highest BCUT2D eigenvalue weighted by Crippen LogP contribution is 2.31. The maximum absolute atomic E-state index is 12.8. The van der Waals surface area contributed by atoms with Crippen molar-refractivity contribution in [2.45, 2.75) is 104 Å². The van der Waals surface area contributed by atoms with Gasteiger partial charge in [0.2, 0.25) is 0 Å².